The Morgan fingerprint density at radius 3 is 2.53 bits per heavy atom. The molecule has 0 amide bonds. The summed E-state index contributed by atoms with van der Waals surface area (Å²) in [6.45, 7) is 2.30. The van der Waals surface area contributed by atoms with E-state index in [4.69, 9.17) is 12.2 Å². The molecule has 2 aromatic rings. The maximum absolute atomic E-state index is 10.6. The second kappa shape index (κ2) is 5.19. The second-order valence-corrected chi connectivity index (χ2v) is 4.61. The SMILES string of the molecule is Cc1c(O)c(=S)ccn1Cc1ccc([N+](=O)[O-])cc1. The molecule has 0 aliphatic carbocycles. The number of non-ortho nitro benzene ring substituents is 1. The van der Waals surface area contributed by atoms with Crippen LogP contribution in [-0.2, 0) is 6.54 Å². The fraction of sp³-hybridized carbons (Fsp3) is 0.154. The van der Waals surface area contributed by atoms with Gasteiger partial charge in [-0.05, 0) is 18.6 Å². The van der Waals surface area contributed by atoms with Crippen LogP contribution in [0.1, 0.15) is 11.3 Å². The predicted octanol–water partition coefficient (Wildman–Crippen LogP) is 3.19. The largest absolute Gasteiger partial charge is 0.505 e. The van der Waals surface area contributed by atoms with E-state index >= 15 is 0 Å². The van der Waals surface area contributed by atoms with Gasteiger partial charge in [0.25, 0.3) is 5.69 Å². The molecular weight excluding hydrogens is 264 g/mol. The molecule has 1 aromatic carbocycles. The summed E-state index contributed by atoms with van der Waals surface area (Å²) in [6, 6.07) is 7.98. The van der Waals surface area contributed by atoms with Crippen LogP contribution in [0.15, 0.2) is 36.5 Å². The van der Waals surface area contributed by atoms with Crippen LogP contribution in [0.3, 0.4) is 0 Å². The Labute approximate surface area is 114 Å². The highest BCUT2D eigenvalue weighted by molar-refractivity contribution is 7.71. The number of aromatic hydroxyl groups is 1. The van der Waals surface area contributed by atoms with Crippen molar-refractivity contribution in [2.24, 2.45) is 0 Å². The van der Waals surface area contributed by atoms with Crippen molar-refractivity contribution in [1.29, 1.82) is 0 Å². The number of aromatic nitrogens is 1. The number of hydrogen-bond donors (Lipinski definition) is 1. The minimum Gasteiger partial charge on any atom is -0.505 e. The summed E-state index contributed by atoms with van der Waals surface area (Å²) in [6.07, 6.45) is 1.79. The van der Waals surface area contributed by atoms with E-state index in [-0.39, 0.29) is 11.4 Å². The molecule has 19 heavy (non-hydrogen) atoms. The number of benzene rings is 1. The molecule has 1 N–H and O–H groups in total. The van der Waals surface area contributed by atoms with E-state index in [1.165, 1.54) is 12.1 Å². The Morgan fingerprint density at radius 2 is 1.95 bits per heavy atom. The summed E-state index contributed by atoms with van der Waals surface area (Å²) in [5.41, 5.74) is 1.65. The molecule has 0 bridgehead atoms. The lowest BCUT2D eigenvalue weighted by atomic mass is 10.2. The normalized spacial score (nSPS) is 10.4. The Bertz CT molecular complexity index is 677. The van der Waals surface area contributed by atoms with Gasteiger partial charge in [-0.1, -0.05) is 24.4 Å². The monoisotopic (exact) mass is 276 g/mol. The summed E-state index contributed by atoms with van der Waals surface area (Å²) >= 11 is 4.97. The first-order valence-corrected chi connectivity index (χ1v) is 6.02. The van der Waals surface area contributed by atoms with Crippen molar-refractivity contribution in [2.75, 3.05) is 0 Å². The lowest BCUT2D eigenvalue weighted by molar-refractivity contribution is -0.384. The van der Waals surface area contributed by atoms with Gasteiger partial charge in [0.2, 0.25) is 0 Å². The van der Waals surface area contributed by atoms with Crippen molar-refractivity contribution in [2.45, 2.75) is 13.5 Å². The van der Waals surface area contributed by atoms with Crippen molar-refractivity contribution in [3.63, 3.8) is 0 Å². The van der Waals surface area contributed by atoms with Gasteiger partial charge in [0.15, 0.2) is 5.75 Å². The van der Waals surface area contributed by atoms with Crippen LogP contribution < -0.4 is 0 Å². The fourth-order valence-corrected chi connectivity index (χ4v) is 1.96. The molecule has 0 fully saturated rings. The zero-order valence-electron chi connectivity index (χ0n) is 10.2. The minimum atomic E-state index is -0.431. The molecule has 0 saturated heterocycles. The van der Waals surface area contributed by atoms with E-state index in [2.05, 4.69) is 0 Å². The van der Waals surface area contributed by atoms with Gasteiger partial charge in [-0.15, -0.1) is 0 Å². The van der Waals surface area contributed by atoms with Crippen molar-refractivity contribution in [3.05, 3.63) is 62.4 Å². The molecule has 5 nitrogen and oxygen atoms in total. The number of nitrogens with zero attached hydrogens (tertiary/aromatic N) is 2. The van der Waals surface area contributed by atoms with Crippen LogP contribution in [0.4, 0.5) is 5.69 Å². The van der Waals surface area contributed by atoms with E-state index in [1.807, 2.05) is 4.57 Å². The van der Waals surface area contributed by atoms with Crippen LogP contribution in [0.2, 0.25) is 0 Å². The highest BCUT2D eigenvalue weighted by Gasteiger charge is 2.06. The quantitative estimate of drug-likeness (QED) is 0.531. The number of pyridine rings is 1. The van der Waals surface area contributed by atoms with Gasteiger partial charge in [0.05, 0.1) is 15.1 Å². The number of hydrogen-bond acceptors (Lipinski definition) is 4. The molecule has 0 saturated carbocycles. The second-order valence-electron chi connectivity index (χ2n) is 4.17. The van der Waals surface area contributed by atoms with Crippen LogP contribution in [0.5, 0.6) is 5.75 Å². The molecule has 6 heteroatoms. The summed E-state index contributed by atoms with van der Waals surface area (Å²) in [7, 11) is 0. The maximum Gasteiger partial charge on any atom is 0.269 e. The van der Waals surface area contributed by atoms with Gasteiger partial charge in [-0.3, -0.25) is 10.1 Å². The van der Waals surface area contributed by atoms with Gasteiger partial charge in [0, 0.05) is 24.9 Å². The van der Waals surface area contributed by atoms with Crippen molar-refractivity contribution < 1.29 is 10.0 Å². The molecular formula is C13H12N2O3S. The van der Waals surface area contributed by atoms with E-state index < -0.39 is 4.92 Å². The molecule has 0 aliphatic heterocycles. The smallest absolute Gasteiger partial charge is 0.269 e. The van der Waals surface area contributed by atoms with Gasteiger partial charge in [0.1, 0.15) is 0 Å². The Balaban J connectivity index is 2.29. The van der Waals surface area contributed by atoms with Gasteiger partial charge in [-0.2, -0.15) is 0 Å². The van der Waals surface area contributed by atoms with E-state index in [9.17, 15) is 15.2 Å². The van der Waals surface area contributed by atoms with E-state index in [0.29, 0.717) is 16.7 Å². The molecule has 2 rings (SSSR count). The predicted molar refractivity (Wildman–Crippen MR) is 73.9 cm³/mol. The Morgan fingerprint density at radius 1 is 1.32 bits per heavy atom. The molecule has 0 radical (unpaired) electrons. The average Bonchev–Trinajstić information content (AvgIpc) is 2.40. The van der Waals surface area contributed by atoms with E-state index in [0.717, 1.165) is 5.56 Å². The highest BCUT2D eigenvalue weighted by Crippen LogP contribution is 2.19. The lowest BCUT2D eigenvalue weighted by Gasteiger charge is -2.12. The fourth-order valence-electron chi connectivity index (χ4n) is 1.75. The third-order valence-corrected chi connectivity index (χ3v) is 3.24. The van der Waals surface area contributed by atoms with Crippen molar-refractivity contribution in [1.82, 2.24) is 4.57 Å². The van der Waals surface area contributed by atoms with Gasteiger partial charge >= 0.3 is 0 Å². The molecule has 1 heterocycles. The minimum absolute atomic E-state index is 0.0641. The van der Waals surface area contributed by atoms with Gasteiger partial charge in [-0.25, -0.2) is 0 Å². The number of nitro groups is 1. The van der Waals surface area contributed by atoms with Crippen molar-refractivity contribution >= 4 is 17.9 Å². The van der Waals surface area contributed by atoms with Crippen molar-refractivity contribution in [3.8, 4) is 5.75 Å². The van der Waals surface area contributed by atoms with Crippen LogP contribution in [-0.4, -0.2) is 14.6 Å². The molecule has 0 atom stereocenters. The zero-order chi connectivity index (χ0) is 14.0. The molecule has 0 unspecified atom stereocenters. The number of nitro benzene ring substituents is 1. The third kappa shape index (κ3) is 2.79. The Hall–Kier alpha value is -2.21. The summed E-state index contributed by atoms with van der Waals surface area (Å²) < 4.78 is 2.25. The first-order valence-electron chi connectivity index (χ1n) is 5.61. The third-order valence-electron chi connectivity index (χ3n) is 2.91. The van der Waals surface area contributed by atoms with Crippen LogP contribution in [0.25, 0.3) is 0 Å². The molecule has 0 aliphatic rings. The lowest BCUT2D eigenvalue weighted by Crippen LogP contribution is -2.04. The zero-order valence-corrected chi connectivity index (χ0v) is 11.1. The molecule has 0 spiro atoms. The van der Waals surface area contributed by atoms with Crippen LogP contribution in [0, 0.1) is 21.5 Å². The average molecular weight is 276 g/mol. The Kier molecular flexibility index (Phi) is 3.62. The molecule has 98 valence electrons. The number of rotatable bonds is 3. The molecule has 1 aromatic heterocycles. The van der Waals surface area contributed by atoms with E-state index in [1.54, 1.807) is 31.3 Å². The standard InChI is InChI=1S/C13H12N2O3S/c1-9-13(16)12(19)6-7-14(9)8-10-2-4-11(5-3-10)15(17)18/h2-7,16H,8H2,1H3. The highest BCUT2D eigenvalue weighted by atomic mass is 32.1. The summed E-state index contributed by atoms with van der Waals surface area (Å²) in [5.74, 6) is 0.0967. The topological polar surface area (TPSA) is 68.3 Å². The first-order chi connectivity index (χ1) is 8.99. The summed E-state index contributed by atoms with van der Waals surface area (Å²) in [4.78, 5) is 10.1. The van der Waals surface area contributed by atoms with Gasteiger partial charge < -0.3 is 9.67 Å². The van der Waals surface area contributed by atoms with Crippen LogP contribution >= 0.6 is 12.2 Å². The maximum atomic E-state index is 10.6. The first kappa shape index (κ1) is 13.2. The summed E-state index contributed by atoms with van der Waals surface area (Å²) in [5, 5.41) is 20.3.